The minimum atomic E-state index is -0.362. The second kappa shape index (κ2) is 21.9. The lowest BCUT2D eigenvalue weighted by atomic mass is 9.87. The molecule has 1 aliphatic rings. The summed E-state index contributed by atoms with van der Waals surface area (Å²) in [6, 6.07) is 80.3. The lowest BCUT2D eigenvalue weighted by Gasteiger charge is -2.31. The first-order valence-corrected chi connectivity index (χ1v) is 27.5. The van der Waals surface area contributed by atoms with Crippen molar-refractivity contribution < 1.29 is 20.4 Å². The zero-order chi connectivity index (χ0) is 54.1. The zero-order valence-electron chi connectivity index (χ0n) is 44.0. The summed E-state index contributed by atoms with van der Waals surface area (Å²) in [7, 11) is 0. The van der Waals surface area contributed by atoms with Crippen molar-refractivity contribution in [2.24, 2.45) is 0 Å². The molecule has 12 aromatic carbocycles. The number of phenols is 4. The van der Waals surface area contributed by atoms with Gasteiger partial charge in [-0.2, -0.15) is 0 Å². The maximum Gasteiger partial charge on any atom is 0.128 e. The third-order valence-corrected chi connectivity index (χ3v) is 16.3. The van der Waals surface area contributed by atoms with Crippen LogP contribution < -0.4 is 21.3 Å². The Bertz CT molecular complexity index is 3670. The number of aromatic hydroxyl groups is 4. The smallest absolute Gasteiger partial charge is 0.128 e. The molecule has 8 bridgehead atoms. The van der Waals surface area contributed by atoms with Gasteiger partial charge in [0.1, 0.15) is 23.0 Å². The van der Waals surface area contributed by atoms with E-state index in [1.165, 1.54) is 0 Å². The highest BCUT2D eigenvalue weighted by atomic mass is 16.3. The summed E-state index contributed by atoms with van der Waals surface area (Å²) in [5, 5.41) is 74.7. The van der Waals surface area contributed by atoms with E-state index in [2.05, 4.69) is 94.1 Å². The molecule has 0 aromatic heterocycles. The number of fused-ring (bicyclic) bond motifs is 18. The molecule has 0 unspecified atom stereocenters. The van der Waals surface area contributed by atoms with Gasteiger partial charge in [0.2, 0.25) is 0 Å². The van der Waals surface area contributed by atoms with Crippen LogP contribution in [0.3, 0.4) is 0 Å². The largest absolute Gasteiger partial charge is 0.507 e. The van der Waals surface area contributed by atoms with Crippen molar-refractivity contribution in [1.82, 2.24) is 21.3 Å². The van der Waals surface area contributed by atoms with Gasteiger partial charge in [-0.05, 0) is 89.6 Å². The minimum absolute atomic E-state index is 0.0790. The van der Waals surface area contributed by atoms with E-state index in [9.17, 15) is 20.4 Å². The fourth-order valence-electron chi connectivity index (χ4n) is 12.4. The van der Waals surface area contributed by atoms with Crippen LogP contribution in [0.4, 0.5) is 0 Å². The van der Waals surface area contributed by atoms with Gasteiger partial charge in [0.05, 0.1) is 24.2 Å². The average molecular weight is 1050 g/mol. The van der Waals surface area contributed by atoms with Crippen molar-refractivity contribution in [3.05, 3.63) is 287 Å². The summed E-state index contributed by atoms with van der Waals surface area (Å²) < 4.78 is 0. The lowest BCUT2D eigenvalue weighted by molar-refractivity contribution is 0.373. The van der Waals surface area contributed by atoms with E-state index in [1.807, 2.05) is 170 Å². The molecule has 8 N–H and O–H groups in total. The van der Waals surface area contributed by atoms with Crippen molar-refractivity contribution in [1.29, 1.82) is 0 Å². The van der Waals surface area contributed by atoms with E-state index < -0.39 is 0 Å². The van der Waals surface area contributed by atoms with Gasteiger partial charge in [-0.1, -0.05) is 218 Å². The van der Waals surface area contributed by atoms with Gasteiger partial charge in [-0.25, -0.2) is 0 Å². The van der Waals surface area contributed by atoms with E-state index in [-0.39, 0.29) is 73.3 Å². The number of phenolic OH excluding ortho intramolecular Hbond substituents is 4. The summed E-state index contributed by atoms with van der Waals surface area (Å²) in [6.07, 6.45) is 0. The Morgan fingerprint density at radius 3 is 0.637 bits per heavy atom. The van der Waals surface area contributed by atoms with Crippen LogP contribution in [-0.4, -0.2) is 20.4 Å². The predicted molar refractivity (Wildman–Crippen MR) is 325 cm³/mol. The zero-order valence-corrected chi connectivity index (χ0v) is 44.0. The SMILES string of the molecule is Oc1c2cc3ccccc3c1-c1c(O)c(cc3ccccc13)CN[C@@H](c1ccccc1)[C@H](c1ccccc1)NCc1cc3ccccc3c(c1O)-c1c(O)c(cc3ccccc13)CN[C@@H](c1ccccc1)[C@H](c1ccccc1)NC2. The number of nitrogens with one attached hydrogen (secondary N) is 4. The summed E-state index contributed by atoms with van der Waals surface area (Å²) in [5.74, 6) is 0.316. The van der Waals surface area contributed by atoms with Crippen LogP contribution in [0.25, 0.3) is 65.3 Å². The van der Waals surface area contributed by atoms with Crippen LogP contribution in [0.15, 0.2) is 243 Å². The highest BCUT2D eigenvalue weighted by Crippen LogP contribution is 2.50. The van der Waals surface area contributed by atoms with Crippen LogP contribution in [0, 0.1) is 0 Å². The highest BCUT2D eigenvalue weighted by molar-refractivity contribution is 6.12. The molecule has 1 heterocycles. The van der Waals surface area contributed by atoms with Crippen molar-refractivity contribution in [2.75, 3.05) is 0 Å². The first-order chi connectivity index (χ1) is 39.4. The molecule has 0 saturated heterocycles. The first-order valence-electron chi connectivity index (χ1n) is 27.5. The molecule has 4 atom stereocenters. The first kappa shape index (κ1) is 50.2. The fraction of sp³-hybridized carbons (Fsp3) is 0.111. The standard InChI is InChI=1S/C72H60N4O4/c77-69-53-37-49-29-13-17-33-57(49)61(69)62-59-35-19-15-31-51(59)39-55(71(62)79)43-75-67(47-25-9-3-10-26-47)68(48-27-11-4-12-28-48)76-44-56-40-52-32-16-20-36-60(52)64(72(56)80)63-58-34-18-14-30-50(58)38-54(70(63)78)42-74-66(46-23-7-2-8-24-46)65(73-41-53)45-21-5-1-6-22-45/h1-40,65-68,73-80H,41-44H2/t65-,66-,67-,68-/m0/s1. The molecule has 0 spiro atoms. The highest BCUT2D eigenvalue weighted by Gasteiger charge is 2.31. The Hall–Kier alpha value is -9.28. The van der Waals surface area contributed by atoms with Crippen molar-refractivity contribution >= 4 is 43.1 Å². The van der Waals surface area contributed by atoms with E-state index in [0.29, 0.717) is 44.5 Å². The number of hydrogen-bond acceptors (Lipinski definition) is 8. The Kier molecular flexibility index (Phi) is 13.7. The molecule has 0 aliphatic carbocycles. The molecule has 80 heavy (non-hydrogen) atoms. The summed E-state index contributed by atoms with van der Waals surface area (Å²) in [6.45, 7) is 1.04. The summed E-state index contributed by atoms with van der Waals surface area (Å²) in [4.78, 5) is 0. The molecule has 1 aliphatic heterocycles. The van der Waals surface area contributed by atoms with E-state index in [0.717, 1.165) is 65.3 Å². The monoisotopic (exact) mass is 1040 g/mol. The quantitative estimate of drug-likeness (QED) is 0.0875. The Balaban J connectivity index is 1.05. The summed E-state index contributed by atoms with van der Waals surface area (Å²) >= 11 is 0. The molecule has 0 saturated carbocycles. The third-order valence-electron chi connectivity index (χ3n) is 16.3. The van der Waals surface area contributed by atoms with Gasteiger partial charge >= 0.3 is 0 Å². The average Bonchev–Trinajstić information content (AvgIpc) is 3.61. The van der Waals surface area contributed by atoms with Gasteiger partial charge in [0, 0.05) is 70.7 Å². The van der Waals surface area contributed by atoms with Gasteiger partial charge in [0.15, 0.2) is 0 Å². The molecular formula is C72H60N4O4. The summed E-state index contributed by atoms with van der Waals surface area (Å²) in [5.41, 5.74) is 8.97. The maximum atomic E-state index is 13.0. The van der Waals surface area contributed by atoms with Crippen LogP contribution in [0.1, 0.15) is 68.7 Å². The van der Waals surface area contributed by atoms with Crippen LogP contribution in [-0.2, 0) is 26.2 Å². The van der Waals surface area contributed by atoms with Gasteiger partial charge in [-0.15, -0.1) is 0 Å². The molecular weight excluding hydrogens is 985 g/mol. The topological polar surface area (TPSA) is 129 Å². The number of hydrogen-bond donors (Lipinski definition) is 8. The third kappa shape index (κ3) is 9.44. The molecule has 0 fully saturated rings. The Morgan fingerprint density at radius 1 is 0.237 bits per heavy atom. The number of benzene rings is 12. The van der Waals surface area contributed by atoms with Crippen molar-refractivity contribution in [3.63, 3.8) is 0 Å². The Labute approximate surface area is 465 Å². The maximum absolute atomic E-state index is 13.0. The minimum Gasteiger partial charge on any atom is -0.507 e. The van der Waals surface area contributed by atoms with Crippen molar-refractivity contribution in [3.8, 4) is 45.3 Å². The van der Waals surface area contributed by atoms with Crippen LogP contribution >= 0.6 is 0 Å². The normalized spacial score (nSPS) is 17.3. The van der Waals surface area contributed by atoms with Gasteiger partial charge in [0.25, 0.3) is 0 Å². The number of rotatable bonds is 4. The molecule has 392 valence electrons. The molecule has 8 nitrogen and oxygen atoms in total. The second-order valence-corrected chi connectivity index (χ2v) is 21.0. The molecule has 8 heteroatoms. The Morgan fingerprint density at radius 2 is 0.425 bits per heavy atom. The molecule has 0 amide bonds. The predicted octanol–water partition coefficient (Wildman–Crippen LogP) is 15.5. The molecule has 0 radical (unpaired) electrons. The molecule has 13 rings (SSSR count). The second-order valence-electron chi connectivity index (χ2n) is 21.0. The molecule has 12 aromatic rings. The van der Waals surface area contributed by atoms with E-state index >= 15 is 0 Å². The van der Waals surface area contributed by atoms with E-state index in [4.69, 9.17) is 0 Å². The van der Waals surface area contributed by atoms with Crippen LogP contribution in [0.5, 0.6) is 23.0 Å². The lowest BCUT2D eigenvalue weighted by Crippen LogP contribution is -2.35. The van der Waals surface area contributed by atoms with Gasteiger partial charge in [-0.3, -0.25) is 0 Å². The van der Waals surface area contributed by atoms with E-state index in [1.54, 1.807) is 0 Å². The van der Waals surface area contributed by atoms with Crippen molar-refractivity contribution in [2.45, 2.75) is 50.3 Å². The van der Waals surface area contributed by atoms with Gasteiger partial charge < -0.3 is 41.7 Å². The fourth-order valence-corrected chi connectivity index (χ4v) is 12.4. The van der Waals surface area contributed by atoms with Crippen LogP contribution in [0.2, 0.25) is 0 Å².